The zero-order chi connectivity index (χ0) is 17.2. The molecule has 0 N–H and O–H groups in total. The molecule has 0 amide bonds. The summed E-state index contributed by atoms with van der Waals surface area (Å²) in [6, 6.07) is 8.46. The number of ketones is 2. The summed E-state index contributed by atoms with van der Waals surface area (Å²) >= 11 is 1.13. The van der Waals surface area contributed by atoms with Gasteiger partial charge in [0.05, 0.1) is 16.5 Å². The lowest BCUT2D eigenvalue weighted by Gasteiger charge is -2.10. The summed E-state index contributed by atoms with van der Waals surface area (Å²) in [6.07, 6.45) is -4.60. The third-order valence-electron chi connectivity index (χ3n) is 3.11. The largest absolute Gasteiger partial charge is 0.416 e. The highest BCUT2D eigenvalue weighted by Crippen LogP contribution is 2.30. The number of nitrogens with zero attached hydrogens (tertiary/aromatic N) is 1. The smallest absolute Gasteiger partial charge is 0.292 e. The molecule has 0 aliphatic carbocycles. The van der Waals surface area contributed by atoms with Crippen LogP contribution < -0.4 is 0 Å². The maximum absolute atomic E-state index is 12.7. The number of rotatable bonds is 4. The first-order valence-electron chi connectivity index (χ1n) is 6.46. The van der Waals surface area contributed by atoms with Crippen molar-refractivity contribution in [1.29, 1.82) is 5.26 Å². The SMILES string of the molecule is Cc1ccc(C(=O)[C@@H](C#N)C(=O)c2cccc(C(F)(F)F)c2)s1. The van der Waals surface area contributed by atoms with Gasteiger partial charge in [0.1, 0.15) is 0 Å². The fourth-order valence-corrected chi connectivity index (χ4v) is 2.80. The summed E-state index contributed by atoms with van der Waals surface area (Å²) in [5.74, 6) is -3.29. The molecule has 0 fully saturated rings. The first-order valence-corrected chi connectivity index (χ1v) is 7.27. The van der Waals surface area contributed by atoms with E-state index in [1.807, 2.05) is 0 Å². The van der Waals surface area contributed by atoms with Gasteiger partial charge < -0.3 is 0 Å². The maximum Gasteiger partial charge on any atom is 0.416 e. The Hall–Kier alpha value is -2.46. The first kappa shape index (κ1) is 16.9. The Morgan fingerprint density at radius 1 is 1.17 bits per heavy atom. The van der Waals surface area contributed by atoms with Gasteiger partial charge in [-0.15, -0.1) is 11.3 Å². The summed E-state index contributed by atoms with van der Waals surface area (Å²) in [4.78, 5) is 25.6. The van der Waals surface area contributed by atoms with Crippen molar-refractivity contribution in [2.75, 3.05) is 0 Å². The van der Waals surface area contributed by atoms with Crippen LogP contribution in [-0.4, -0.2) is 11.6 Å². The average molecular weight is 337 g/mol. The molecule has 0 saturated heterocycles. The summed E-state index contributed by atoms with van der Waals surface area (Å²) in [5.41, 5.74) is -1.31. The summed E-state index contributed by atoms with van der Waals surface area (Å²) in [7, 11) is 0. The van der Waals surface area contributed by atoms with E-state index in [0.29, 0.717) is 6.07 Å². The highest BCUT2D eigenvalue weighted by atomic mass is 32.1. The van der Waals surface area contributed by atoms with Crippen LogP contribution in [0.4, 0.5) is 13.2 Å². The molecule has 1 aromatic heterocycles. The average Bonchev–Trinajstić information content (AvgIpc) is 2.93. The quantitative estimate of drug-likeness (QED) is 0.618. The highest BCUT2D eigenvalue weighted by molar-refractivity contribution is 7.14. The molecule has 1 heterocycles. The van der Waals surface area contributed by atoms with Crippen molar-refractivity contribution < 1.29 is 22.8 Å². The zero-order valence-corrected chi connectivity index (χ0v) is 12.7. The molecule has 1 aromatic carbocycles. The Morgan fingerprint density at radius 3 is 2.39 bits per heavy atom. The number of halogens is 3. The third-order valence-corrected chi connectivity index (χ3v) is 4.13. The van der Waals surface area contributed by atoms with E-state index < -0.39 is 29.2 Å². The molecule has 2 aromatic rings. The zero-order valence-electron chi connectivity index (χ0n) is 11.8. The Morgan fingerprint density at radius 2 is 1.87 bits per heavy atom. The second kappa shape index (κ2) is 6.34. The molecule has 0 radical (unpaired) electrons. The van der Waals surface area contributed by atoms with Gasteiger partial charge in [0.2, 0.25) is 0 Å². The normalized spacial score (nSPS) is 12.5. The Kier molecular flexibility index (Phi) is 4.66. The van der Waals surface area contributed by atoms with Gasteiger partial charge in [-0.25, -0.2) is 0 Å². The van der Waals surface area contributed by atoms with Gasteiger partial charge in [-0.3, -0.25) is 9.59 Å². The molecule has 0 unspecified atom stereocenters. The minimum Gasteiger partial charge on any atom is -0.292 e. The number of benzene rings is 1. The first-order chi connectivity index (χ1) is 10.7. The van der Waals surface area contributed by atoms with E-state index in [1.54, 1.807) is 19.1 Å². The van der Waals surface area contributed by atoms with Gasteiger partial charge in [0.25, 0.3) is 0 Å². The predicted molar refractivity (Wildman–Crippen MR) is 78.3 cm³/mol. The number of alkyl halides is 3. The van der Waals surface area contributed by atoms with Crippen LogP contribution in [0.5, 0.6) is 0 Å². The van der Waals surface area contributed by atoms with E-state index in [1.165, 1.54) is 6.07 Å². The molecule has 118 valence electrons. The van der Waals surface area contributed by atoms with Gasteiger partial charge in [-0.2, -0.15) is 18.4 Å². The van der Waals surface area contributed by atoms with Crippen molar-refractivity contribution in [3.05, 3.63) is 57.3 Å². The van der Waals surface area contributed by atoms with Crippen LogP contribution in [0.15, 0.2) is 36.4 Å². The van der Waals surface area contributed by atoms with E-state index in [4.69, 9.17) is 5.26 Å². The molecule has 3 nitrogen and oxygen atoms in total. The molecule has 0 spiro atoms. The summed E-state index contributed by atoms with van der Waals surface area (Å²) in [6.45, 7) is 1.76. The van der Waals surface area contributed by atoms with Crippen molar-refractivity contribution >= 4 is 22.9 Å². The monoisotopic (exact) mass is 337 g/mol. The van der Waals surface area contributed by atoms with Gasteiger partial charge in [-0.05, 0) is 31.2 Å². The molecule has 0 aliphatic heterocycles. The van der Waals surface area contributed by atoms with E-state index in [-0.39, 0.29) is 10.4 Å². The van der Waals surface area contributed by atoms with Crippen molar-refractivity contribution in [2.24, 2.45) is 5.92 Å². The molecule has 1 atom stereocenters. The van der Waals surface area contributed by atoms with Crippen LogP contribution in [0.2, 0.25) is 0 Å². The fraction of sp³-hybridized carbons (Fsp3) is 0.188. The van der Waals surface area contributed by atoms with Crippen molar-refractivity contribution in [1.82, 2.24) is 0 Å². The second-order valence-electron chi connectivity index (χ2n) is 4.78. The Bertz CT molecular complexity index is 802. The molecular weight excluding hydrogens is 327 g/mol. The second-order valence-corrected chi connectivity index (χ2v) is 6.07. The molecule has 2 rings (SSSR count). The third kappa shape index (κ3) is 3.66. The number of nitriles is 1. The maximum atomic E-state index is 12.7. The topological polar surface area (TPSA) is 57.9 Å². The van der Waals surface area contributed by atoms with Gasteiger partial charge in [0.15, 0.2) is 17.5 Å². The Balaban J connectivity index is 2.34. The molecule has 7 heteroatoms. The van der Waals surface area contributed by atoms with Crippen LogP contribution in [0, 0.1) is 24.2 Å². The number of carbonyl (C=O) groups is 2. The molecular formula is C16H10F3NO2S. The van der Waals surface area contributed by atoms with Gasteiger partial charge in [-0.1, -0.05) is 12.1 Å². The van der Waals surface area contributed by atoms with Crippen molar-refractivity contribution in [3.63, 3.8) is 0 Å². The summed E-state index contributed by atoms with van der Waals surface area (Å²) < 4.78 is 38.1. The minimum atomic E-state index is -4.60. The van der Waals surface area contributed by atoms with Crippen molar-refractivity contribution in [2.45, 2.75) is 13.1 Å². The lowest BCUT2D eigenvalue weighted by atomic mass is 9.93. The molecule has 0 saturated carbocycles. The van der Waals surface area contributed by atoms with Crippen LogP contribution in [0.25, 0.3) is 0 Å². The minimum absolute atomic E-state index is 0.231. The number of hydrogen-bond acceptors (Lipinski definition) is 4. The van der Waals surface area contributed by atoms with Gasteiger partial charge >= 0.3 is 6.18 Å². The summed E-state index contributed by atoms with van der Waals surface area (Å²) in [5, 5.41) is 9.12. The van der Waals surface area contributed by atoms with Crippen LogP contribution in [0.3, 0.4) is 0 Å². The van der Waals surface area contributed by atoms with E-state index >= 15 is 0 Å². The predicted octanol–water partition coefficient (Wildman–Crippen LogP) is 4.28. The number of Topliss-reactive ketones (excluding diaryl/α,β-unsaturated/α-hetero) is 2. The molecule has 0 bridgehead atoms. The van der Waals surface area contributed by atoms with E-state index in [0.717, 1.165) is 34.4 Å². The number of hydrogen-bond donors (Lipinski definition) is 0. The molecule has 23 heavy (non-hydrogen) atoms. The fourth-order valence-electron chi connectivity index (χ4n) is 1.96. The van der Waals surface area contributed by atoms with Crippen LogP contribution in [-0.2, 0) is 6.18 Å². The highest BCUT2D eigenvalue weighted by Gasteiger charge is 2.33. The van der Waals surface area contributed by atoms with Gasteiger partial charge in [0, 0.05) is 10.4 Å². The van der Waals surface area contributed by atoms with Crippen LogP contribution >= 0.6 is 11.3 Å². The lowest BCUT2D eigenvalue weighted by molar-refractivity contribution is -0.137. The number of carbonyl (C=O) groups excluding carboxylic acids is 2. The number of thiophene rings is 1. The van der Waals surface area contributed by atoms with E-state index in [9.17, 15) is 22.8 Å². The van der Waals surface area contributed by atoms with Crippen LogP contribution in [0.1, 0.15) is 30.5 Å². The molecule has 0 aliphatic rings. The van der Waals surface area contributed by atoms with Crippen molar-refractivity contribution in [3.8, 4) is 6.07 Å². The number of aryl methyl sites for hydroxylation is 1. The Labute approximate surface area is 134 Å². The lowest BCUT2D eigenvalue weighted by Crippen LogP contribution is -2.22. The standard InChI is InChI=1S/C16H10F3NO2S/c1-9-5-6-13(23-9)15(22)12(8-20)14(21)10-3-2-4-11(7-10)16(17,18)19/h2-7,12H,1H3/t12-/m0/s1. The van der Waals surface area contributed by atoms with E-state index in [2.05, 4.69) is 0 Å².